The summed E-state index contributed by atoms with van der Waals surface area (Å²) in [5.41, 5.74) is 28.8. The maximum atomic E-state index is 14.5. The van der Waals surface area contributed by atoms with E-state index in [1.165, 1.54) is 25.6 Å². The van der Waals surface area contributed by atoms with Gasteiger partial charge in [0.15, 0.2) is 0 Å². The van der Waals surface area contributed by atoms with E-state index in [-0.39, 0.29) is 75.8 Å². The highest BCUT2D eigenvalue weighted by atomic mass is 32.2. The van der Waals surface area contributed by atoms with Crippen LogP contribution in [0.4, 0.5) is 0 Å². The molecular weight excluding hydrogens is 1220 g/mol. The standard InChI is InChI=1S/C59H107N15O17S/c1-31(2)26-40(69-51(82)36(16-10-13-22-60)65-49(80)35(63)21-25-92-9)55(86)67-38(18-12-15-24-62)52(83)70-41(27-32(3)4)54(85)66-37(17-11-14-23-61)50(81)68-39(19-20-46(76)77)53(84)73-44(30-47(78)79)57(88)72-43(29-45(64)75)56(87)71-42(28-33(5)6)58(89)74-48(34(7)8)59(90)91/h31-44,48H,10-30,60-63H2,1-9H3,(H2,64,75)(H,65,80)(H,66,85)(H,67,86)(H,68,81)(H,69,82)(H,70,83)(H,71,87)(H,72,88)(H,73,84)(H,74,89)(H,76,77)(H,78,79)(H,90,91)/t35-,36-,37-,38-,39-,40-,41-,42-,43-,44-,48-/m0/s1. The van der Waals surface area contributed by atoms with Crippen LogP contribution in [0, 0.1) is 23.7 Å². The molecule has 0 saturated carbocycles. The van der Waals surface area contributed by atoms with Gasteiger partial charge in [0.2, 0.25) is 65.0 Å². The van der Waals surface area contributed by atoms with Gasteiger partial charge < -0.3 is 97.2 Å². The number of carboxylic acid groups (broad SMARTS) is 3. The van der Waals surface area contributed by atoms with Crippen molar-refractivity contribution in [1.82, 2.24) is 53.2 Å². The molecule has 0 aromatic rings. The molecule has 0 aromatic carbocycles. The fourth-order valence-corrected chi connectivity index (χ4v) is 9.81. The summed E-state index contributed by atoms with van der Waals surface area (Å²) >= 11 is 1.50. The Balaban J connectivity index is 7.11. The van der Waals surface area contributed by atoms with Crippen LogP contribution in [0.3, 0.4) is 0 Å². The van der Waals surface area contributed by atoms with Crippen LogP contribution in [0.25, 0.3) is 0 Å². The highest BCUT2D eigenvalue weighted by Crippen LogP contribution is 2.15. The van der Waals surface area contributed by atoms with Gasteiger partial charge in [0, 0.05) is 6.42 Å². The van der Waals surface area contributed by atoms with Crippen LogP contribution in [-0.2, 0) is 67.1 Å². The number of nitrogens with one attached hydrogen (secondary N) is 10. The van der Waals surface area contributed by atoms with E-state index in [1.807, 2.05) is 20.1 Å². The molecule has 11 atom stereocenters. The second-order valence-electron chi connectivity index (χ2n) is 24.4. The van der Waals surface area contributed by atoms with Crippen LogP contribution in [0.2, 0.25) is 0 Å². The fourth-order valence-electron chi connectivity index (χ4n) is 9.33. The number of thioether (sulfide) groups is 1. The van der Waals surface area contributed by atoms with Crippen LogP contribution in [0.15, 0.2) is 0 Å². The van der Waals surface area contributed by atoms with Crippen molar-refractivity contribution in [3.05, 3.63) is 0 Å². The zero-order valence-corrected chi connectivity index (χ0v) is 55.7. The number of nitrogens with two attached hydrogens (primary N) is 5. The monoisotopic (exact) mass is 1330 g/mol. The molecule has 0 aliphatic rings. The van der Waals surface area contributed by atoms with Crippen LogP contribution in [-0.4, -0.2) is 196 Å². The highest BCUT2D eigenvalue weighted by molar-refractivity contribution is 7.98. The zero-order chi connectivity index (χ0) is 70.4. The summed E-state index contributed by atoms with van der Waals surface area (Å²) in [6.07, 6.45) is 1.02. The van der Waals surface area contributed by atoms with Gasteiger partial charge >= 0.3 is 17.9 Å². The lowest BCUT2D eigenvalue weighted by Crippen LogP contribution is -2.61. The molecule has 0 radical (unpaired) electrons. The Labute approximate surface area is 543 Å². The normalized spacial score (nSPS) is 14.9. The first-order chi connectivity index (χ1) is 43.1. The molecule has 0 bridgehead atoms. The van der Waals surface area contributed by atoms with Crippen molar-refractivity contribution in [3.8, 4) is 0 Å². The molecule has 0 saturated heterocycles. The molecule has 32 nitrogen and oxygen atoms in total. The van der Waals surface area contributed by atoms with Gasteiger partial charge in [-0.05, 0) is 145 Å². The number of carbonyl (C=O) groups excluding carboxylic acids is 11. The molecule has 0 rings (SSSR count). The minimum absolute atomic E-state index is 0.0244. The molecule has 0 spiro atoms. The molecule has 0 fully saturated rings. The van der Waals surface area contributed by atoms with Crippen molar-refractivity contribution in [1.29, 1.82) is 0 Å². The lowest BCUT2D eigenvalue weighted by molar-refractivity contribution is -0.143. The third kappa shape index (κ3) is 35.6. The fraction of sp³-hybridized carbons (Fsp3) is 0.763. The van der Waals surface area contributed by atoms with Gasteiger partial charge in [-0.15, -0.1) is 0 Å². The first-order valence-corrected chi connectivity index (χ1v) is 32.8. The van der Waals surface area contributed by atoms with Crippen LogP contribution in [0.1, 0.15) is 165 Å². The minimum atomic E-state index is -2.10. The molecule has 526 valence electrons. The van der Waals surface area contributed by atoms with Gasteiger partial charge in [0.05, 0.1) is 18.9 Å². The average molecular weight is 1330 g/mol. The number of rotatable bonds is 50. The summed E-state index contributed by atoms with van der Waals surface area (Å²) in [7, 11) is 0. The molecule has 92 heavy (non-hydrogen) atoms. The quantitative estimate of drug-likeness (QED) is 0.0278. The van der Waals surface area contributed by atoms with E-state index in [0.29, 0.717) is 50.8 Å². The van der Waals surface area contributed by atoms with Crippen LogP contribution in [0.5, 0.6) is 0 Å². The number of aliphatic carboxylic acids is 3. The minimum Gasteiger partial charge on any atom is -0.481 e. The lowest BCUT2D eigenvalue weighted by Gasteiger charge is -2.29. The summed E-state index contributed by atoms with van der Waals surface area (Å²) in [4.78, 5) is 188. The molecular formula is C59H107N15O17S. The van der Waals surface area contributed by atoms with Crippen molar-refractivity contribution < 1.29 is 82.4 Å². The molecule has 0 aromatic heterocycles. The predicted molar refractivity (Wildman–Crippen MR) is 343 cm³/mol. The topological polar surface area (TPSA) is 550 Å². The highest BCUT2D eigenvalue weighted by Gasteiger charge is 2.38. The Bertz CT molecular complexity index is 2420. The van der Waals surface area contributed by atoms with E-state index >= 15 is 0 Å². The van der Waals surface area contributed by atoms with Gasteiger partial charge in [-0.25, -0.2) is 4.79 Å². The largest absolute Gasteiger partial charge is 0.481 e. The molecule has 0 aliphatic carbocycles. The Morgan fingerprint density at radius 1 is 0.370 bits per heavy atom. The van der Waals surface area contributed by atoms with Crippen molar-refractivity contribution in [3.63, 3.8) is 0 Å². The lowest BCUT2D eigenvalue weighted by atomic mass is 9.99. The van der Waals surface area contributed by atoms with Crippen molar-refractivity contribution in [2.75, 3.05) is 31.6 Å². The van der Waals surface area contributed by atoms with E-state index in [9.17, 15) is 82.4 Å². The number of hydrogen-bond acceptors (Lipinski definition) is 19. The number of amides is 11. The number of carbonyl (C=O) groups is 14. The average Bonchev–Trinajstić information content (AvgIpc) is 1.23. The second kappa shape index (κ2) is 45.9. The van der Waals surface area contributed by atoms with Gasteiger partial charge in [0.25, 0.3) is 0 Å². The number of primary amides is 1. The Hall–Kier alpha value is -7.23. The van der Waals surface area contributed by atoms with Gasteiger partial charge in [0.1, 0.15) is 60.4 Å². The SMILES string of the molecule is CSCC[C@H](N)C(=O)N[C@@H](CCCCN)C(=O)N[C@@H](CC(C)C)C(=O)N[C@@H](CCCCN)C(=O)N[C@@H](CC(C)C)C(=O)N[C@@H](CCCCN)C(=O)N[C@@H](CCC(=O)O)C(=O)N[C@@H](CC(=O)O)C(=O)N[C@@H](CC(N)=O)C(=O)N[C@@H](CC(C)C)C(=O)N[C@H](C(=O)O)C(C)C. The molecule has 33 heteroatoms. The molecule has 0 heterocycles. The van der Waals surface area contributed by atoms with Crippen molar-refractivity contribution >= 4 is 94.6 Å². The third-order valence-electron chi connectivity index (χ3n) is 14.3. The summed E-state index contributed by atoms with van der Waals surface area (Å²) in [5, 5.41) is 54.2. The van der Waals surface area contributed by atoms with E-state index in [1.54, 1.807) is 27.7 Å². The number of unbranched alkanes of at least 4 members (excludes halogenated alkanes) is 3. The third-order valence-corrected chi connectivity index (χ3v) is 14.9. The Morgan fingerprint density at radius 2 is 0.663 bits per heavy atom. The Morgan fingerprint density at radius 3 is 0.957 bits per heavy atom. The number of hydrogen-bond donors (Lipinski definition) is 18. The molecule has 23 N–H and O–H groups in total. The predicted octanol–water partition coefficient (Wildman–Crippen LogP) is -2.60. The van der Waals surface area contributed by atoms with E-state index in [0.717, 1.165) is 0 Å². The first kappa shape index (κ1) is 84.8. The summed E-state index contributed by atoms with van der Waals surface area (Å²) in [5.74, 6) is -15.9. The summed E-state index contributed by atoms with van der Waals surface area (Å²) < 4.78 is 0. The van der Waals surface area contributed by atoms with Crippen molar-refractivity contribution in [2.24, 2.45) is 52.3 Å². The van der Waals surface area contributed by atoms with E-state index < -0.39 is 181 Å². The van der Waals surface area contributed by atoms with Gasteiger partial charge in [-0.2, -0.15) is 11.8 Å². The molecule has 0 unspecified atom stereocenters. The van der Waals surface area contributed by atoms with Gasteiger partial charge in [-0.1, -0.05) is 55.4 Å². The van der Waals surface area contributed by atoms with Gasteiger partial charge in [-0.3, -0.25) is 62.3 Å². The van der Waals surface area contributed by atoms with Crippen molar-refractivity contribution in [2.45, 2.75) is 231 Å². The number of carboxylic acids is 3. The zero-order valence-electron chi connectivity index (χ0n) is 54.9. The van der Waals surface area contributed by atoms with E-state index in [4.69, 9.17) is 28.7 Å². The maximum absolute atomic E-state index is 14.5. The van der Waals surface area contributed by atoms with Crippen LogP contribution >= 0.6 is 11.8 Å². The summed E-state index contributed by atoms with van der Waals surface area (Å²) in [6, 6.07) is -16.1. The van der Waals surface area contributed by atoms with E-state index in [2.05, 4.69) is 53.2 Å². The summed E-state index contributed by atoms with van der Waals surface area (Å²) in [6.45, 7) is 14.3. The molecule has 0 aliphatic heterocycles. The smallest absolute Gasteiger partial charge is 0.326 e. The van der Waals surface area contributed by atoms with Crippen LogP contribution < -0.4 is 81.8 Å². The first-order valence-electron chi connectivity index (χ1n) is 31.5. The maximum Gasteiger partial charge on any atom is 0.326 e. The second-order valence-corrected chi connectivity index (χ2v) is 25.4. The molecule has 11 amide bonds. The Kier molecular flexibility index (Phi) is 42.3.